The van der Waals surface area contributed by atoms with Crippen molar-refractivity contribution in [2.45, 2.75) is 0 Å². The van der Waals surface area contributed by atoms with E-state index in [1.54, 1.807) is 42.5 Å². The van der Waals surface area contributed by atoms with Crippen molar-refractivity contribution < 1.29 is 4.79 Å². The van der Waals surface area contributed by atoms with E-state index in [1.165, 1.54) is 0 Å². The van der Waals surface area contributed by atoms with Crippen LogP contribution in [0.15, 0.2) is 46.9 Å². The average Bonchev–Trinajstić information content (AvgIpc) is 2.42. The molecule has 94 valence electrons. The number of halogens is 1. The Kier molecular flexibility index (Phi) is 3.83. The zero-order chi connectivity index (χ0) is 13.8. The molecule has 0 aliphatic rings. The number of rotatable bonds is 2. The van der Waals surface area contributed by atoms with Crippen molar-refractivity contribution in [3.05, 3.63) is 58.1 Å². The van der Waals surface area contributed by atoms with E-state index in [1.807, 2.05) is 6.07 Å². The maximum atomic E-state index is 12.1. The van der Waals surface area contributed by atoms with Crippen LogP contribution in [-0.4, -0.2) is 5.91 Å². The molecule has 0 aliphatic carbocycles. The van der Waals surface area contributed by atoms with Crippen molar-refractivity contribution in [3.8, 4) is 6.07 Å². The van der Waals surface area contributed by atoms with Gasteiger partial charge in [0.05, 0.1) is 11.3 Å². The summed E-state index contributed by atoms with van der Waals surface area (Å²) in [5, 5.41) is 11.7. The predicted molar refractivity (Wildman–Crippen MR) is 77.7 cm³/mol. The average molecular weight is 316 g/mol. The van der Waals surface area contributed by atoms with Gasteiger partial charge in [0, 0.05) is 15.7 Å². The van der Waals surface area contributed by atoms with E-state index >= 15 is 0 Å². The highest BCUT2D eigenvalue weighted by Crippen LogP contribution is 2.21. The molecule has 3 N–H and O–H groups in total. The molecule has 0 aliphatic heterocycles. The molecule has 1 amide bonds. The molecule has 2 rings (SSSR count). The Morgan fingerprint density at radius 2 is 2.00 bits per heavy atom. The third kappa shape index (κ3) is 2.92. The van der Waals surface area contributed by atoms with E-state index in [9.17, 15) is 4.79 Å². The van der Waals surface area contributed by atoms with Crippen molar-refractivity contribution in [2.75, 3.05) is 11.1 Å². The summed E-state index contributed by atoms with van der Waals surface area (Å²) >= 11 is 3.27. The number of nitrogens with two attached hydrogens (primary N) is 1. The molecule has 2 aromatic carbocycles. The molecule has 5 heteroatoms. The van der Waals surface area contributed by atoms with Crippen LogP contribution in [0.25, 0.3) is 0 Å². The number of hydrogen-bond donors (Lipinski definition) is 2. The summed E-state index contributed by atoms with van der Waals surface area (Å²) in [5.41, 5.74) is 7.61. The molecule has 0 aromatic heterocycles. The molecular formula is C14H10BrN3O. The van der Waals surface area contributed by atoms with Crippen molar-refractivity contribution in [2.24, 2.45) is 0 Å². The Hall–Kier alpha value is -2.32. The monoisotopic (exact) mass is 315 g/mol. The van der Waals surface area contributed by atoms with Crippen LogP contribution in [0, 0.1) is 11.3 Å². The highest BCUT2D eigenvalue weighted by molar-refractivity contribution is 9.10. The summed E-state index contributed by atoms with van der Waals surface area (Å²) in [7, 11) is 0. The molecule has 0 heterocycles. The summed E-state index contributed by atoms with van der Waals surface area (Å²) in [6.07, 6.45) is 0. The second-order valence-corrected chi connectivity index (χ2v) is 4.70. The van der Waals surface area contributed by atoms with Crippen LogP contribution in [0.4, 0.5) is 11.4 Å². The van der Waals surface area contributed by atoms with Crippen molar-refractivity contribution in [3.63, 3.8) is 0 Å². The van der Waals surface area contributed by atoms with Gasteiger partial charge in [-0.25, -0.2) is 0 Å². The molecule has 0 fully saturated rings. The van der Waals surface area contributed by atoms with Crippen molar-refractivity contribution in [1.82, 2.24) is 0 Å². The minimum absolute atomic E-state index is 0.289. The normalized spacial score (nSPS) is 9.68. The first-order chi connectivity index (χ1) is 9.11. The molecule has 2 aromatic rings. The van der Waals surface area contributed by atoms with Gasteiger partial charge in [0.2, 0.25) is 0 Å². The molecule has 0 spiro atoms. The van der Waals surface area contributed by atoms with Crippen molar-refractivity contribution in [1.29, 1.82) is 5.26 Å². The highest BCUT2D eigenvalue weighted by atomic mass is 79.9. The lowest BCUT2D eigenvalue weighted by Gasteiger charge is -2.07. The van der Waals surface area contributed by atoms with E-state index in [0.717, 1.165) is 0 Å². The van der Waals surface area contributed by atoms with Gasteiger partial charge in [0.25, 0.3) is 5.91 Å². The lowest BCUT2D eigenvalue weighted by atomic mass is 10.1. The second kappa shape index (κ2) is 5.55. The van der Waals surface area contributed by atoms with Gasteiger partial charge in [-0.05, 0) is 46.3 Å². The van der Waals surface area contributed by atoms with E-state index in [4.69, 9.17) is 11.0 Å². The molecule has 0 atom stereocenters. The number of carbonyl (C=O) groups excluding carboxylic acids is 1. The maximum Gasteiger partial charge on any atom is 0.255 e. The van der Waals surface area contributed by atoms with E-state index in [-0.39, 0.29) is 5.91 Å². The van der Waals surface area contributed by atoms with Crippen LogP contribution < -0.4 is 11.1 Å². The first-order valence-electron chi connectivity index (χ1n) is 5.47. The summed E-state index contributed by atoms with van der Waals surface area (Å²) in [6.45, 7) is 0. The summed E-state index contributed by atoms with van der Waals surface area (Å²) in [4.78, 5) is 12.1. The Balaban J connectivity index is 2.26. The molecular weight excluding hydrogens is 306 g/mol. The van der Waals surface area contributed by atoms with Crippen LogP contribution in [0.1, 0.15) is 15.9 Å². The number of nitriles is 1. The summed E-state index contributed by atoms with van der Waals surface area (Å²) < 4.78 is 0.661. The molecule has 0 saturated carbocycles. The highest BCUT2D eigenvalue weighted by Gasteiger charge is 2.09. The number of carbonyl (C=O) groups is 1. The lowest BCUT2D eigenvalue weighted by Crippen LogP contribution is -2.13. The van der Waals surface area contributed by atoms with Gasteiger partial charge in [-0.2, -0.15) is 5.26 Å². The number of benzene rings is 2. The van der Waals surface area contributed by atoms with Crippen LogP contribution >= 0.6 is 15.9 Å². The molecule has 0 radical (unpaired) electrons. The smallest absolute Gasteiger partial charge is 0.255 e. The minimum Gasteiger partial charge on any atom is -0.398 e. The van der Waals surface area contributed by atoms with Crippen molar-refractivity contribution >= 4 is 33.2 Å². The number of nitrogen functional groups attached to an aromatic ring is 1. The third-order valence-corrected chi connectivity index (χ3v) is 3.25. The second-order valence-electron chi connectivity index (χ2n) is 3.85. The van der Waals surface area contributed by atoms with Gasteiger partial charge >= 0.3 is 0 Å². The van der Waals surface area contributed by atoms with Gasteiger partial charge in [-0.1, -0.05) is 12.1 Å². The number of nitrogens with zero attached hydrogens (tertiary/aromatic N) is 1. The SMILES string of the molecule is N#Cc1ccccc1NC(=O)c1ccc(N)c(Br)c1. The number of nitrogens with one attached hydrogen (secondary N) is 1. The third-order valence-electron chi connectivity index (χ3n) is 2.56. The van der Waals surface area contributed by atoms with E-state index < -0.39 is 0 Å². The Morgan fingerprint density at radius 3 is 2.68 bits per heavy atom. The standard InChI is InChI=1S/C14H10BrN3O/c15-11-7-9(5-6-12(11)17)14(19)18-13-4-2-1-3-10(13)8-16/h1-7H,17H2,(H,18,19). The Morgan fingerprint density at radius 1 is 1.26 bits per heavy atom. The van der Waals surface area contributed by atoms with Gasteiger partial charge in [0.15, 0.2) is 0 Å². The number of amides is 1. The zero-order valence-electron chi connectivity index (χ0n) is 9.85. The summed E-state index contributed by atoms with van der Waals surface area (Å²) in [6, 6.07) is 13.8. The zero-order valence-corrected chi connectivity index (χ0v) is 11.4. The number of para-hydroxylation sites is 1. The topological polar surface area (TPSA) is 78.9 Å². The maximum absolute atomic E-state index is 12.1. The van der Waals surface area contributed by atoms with E-state index in [2.05, 4.69) is 21.2 Å². The number of anilines is 2. The van der Waals surface area contributed by atoms with Gasteiger partial charge in [-0.3, -0.25) is 4.79 Å². The fraction of sp³-hybridized carbons (Fsp3) is 0. The molecule has 4 nitrogen and oxygen atoms in total. The molecule has 0 saturated heterocycles. The molecule has 0 unspecified atom stereocenters. The largest absolute Gasteiger partial charge is 0.398 e. The number of hydrogen-bond acceptors (Lipinski definition) is 3. The quantitative estimate of drug-likeness (QED) is 0.835. The van der Waals surface area contributed by atoms with E-state index in [0.29, 0.717) is 27.0 Å². The van der Waals surface area contributed by atoms with Crippen LogP contribution in [-0.2, 0) is 0 Å². The van der Waals surface area contributed by atoms with Crippen LogP contribution in [0.5, 0.6) is 0 Å². The Bertz CT molecular complexity index is 677. The van der Waals surface area contributed by atoms with Gasteiger partial charge in [-0.15, -0.1) is 0 Å². The van der Waals surface area contributed by atoms with Gasteiger partial charge < -0.3 is 11.1 Å². The van der Waals surface area contributed by atoms with Crippen LogP contribution in [0.3, 0.4) is 0 Å². The molecule has 0 bridgehead atoms. The minimum atomic E-state index is -0.289. The fourth-order valence-electron chi connectivity index (χ4n) is 1.55. The first kappa shape index (κ1) is 13.1. The summed E-state index contributed by atoms with van der Waals surface area (Å²) in [5.74, 6) is -0.289. The predicted octanol–water partition coefficient (Wildman–Crippen LogP) is 3.16. The van der Waals surface area contributed by atoms with Gasteiger partial charge in [0.1, 0.15) is 6.07 Å². The lowest BCUT2D eigenvalue weighted by molar-refractivity contribution is 0.102. The molecule has 19 heavy (non-hydrogen) atoms. The van der Waals surface area contributed by atoms with Crippen LogP contribution in [0.2, 0.25) is 0 Å². The fourth-order valence-corrected chi connectivity index (χ4v) is 1.93. The first-order valence-corrected chi connectivity index (χ1v) is 6.26. The Labute approximate surface area is 119 Å².